The van der Waals surface area contributed by atoms with Crippen LogP contribution in [0.5, 0.6) is 11.5 Å². The standard InChI is InChI=1S/C25H31ClN4O2/c1-24(2)13-17(14-25(3,4)30-24)27-23-18-11-20(31-5)21(32-6)12-19(18)28-22(29-23)15-7-9-16(26)10-8-15/h7-12,17,30H,13-14H2,1-6H3,(H,27,28,29). The number of halogens is 1. The molecule has 6 nitrogen and oxygen atoms in total. The van der Waals surface area contributed by atoms with Crippen molar-refractivity contribution < 1.29 is 9.47 Å². The van der Waals surface area contributed by atoms with Crippen molar-refractivity contribution in [2.75, 3.05) is 19.5 Å². The lowest BCUT2D eigenvalue weighted by atomic mass is 9.79. The smallest absolute Gasteiger partial charge is 0.162 e. The van der Waals surface area contributed by atoms with E-state index in [1.807, 2.05) is 36.4 Å². The van der Waals surface area contributed by atoms with Crippen molar-refractivity contribution >= 4 is 28.3 Å². The Kier molecular flexibility index (Phi) is 5.94. The molecule has 32 heavy (non-hydrogen) atoms. The van der Waals surface area contributed by atoms with Crippen LogP contribution in [0.1, 0.15) is 40.5 Å². The van der Waals surface area contributed by atoms with E-state index in [1.165, 1.54) is 0 Å². The van der Waals surface area contributed by atoms with Gasteiger partial charge in [0.05, 0.1) is 19.7 Å². The summed E-state index contributed by atoms with van der Waals surface area (Å²) in [5, 5.41) is 9.05. The average Bonchev–Trinajstić information content (AvgIpc) is 2.70. The number of fused-ring (bicyclic) bond motifs is 1. The molecule has 1 saturated heterocycles. The number of anilines is 1. The first-order valence-electron chi connectivity index (χ1n) is 10.8. The molecule has 1 aromatic heterocycles. The van der Waals surface area contributed by atoms with E-state index in [-0.39, 0.29) is 17.1 Å². The van der Waals surface area contributed by atoms with Gasteiger partial charge in [0.15, 0.2) is 17.3 Å². The van der Waals surface area contributed by atoms with Crippen molar-refractivity contribution in [3.63, 3.8) is 0 Å². The summed E-state index contributed by atoms with van der Waals surface area (Å²) in [6.45, 7) is 8.98. The number of rotatable bonds is 5. The van der Waals surface area contributed by atoms with Crippen LogP contribution in [0.2, 0.25) is 5.02 Å². The molecule has 4 rings (SSSR count). The van der Waals surface area contributed by atoms with E-state index in [4.69, 9.17) is 31.0 Å². The van der Waals surface area contributed by atoms with Gasteiger partial charge in [0.1, 0.15) is 5.82 Å². The first-order chi connectivity index (χ1) is 15.1. The van der Waals surface area contributed by atoms with E-state index in [2.05, 4.69) is 38.3 Å². The first kappa shape index (κ1) is 22.6. The second kappa shape index (κ2) is 8.41. The topological polar surface area (TPSA) is 68.3 Å². The number of benzene rings is 2. The molecule has 1 aliphatic heterocycles. The van der Waals surface area contributed by atoms with E-state index < -0.39 is 0 Å². The van der Waals surface area contributed by atoms with Crippen LogP contribution < -0.4 is 20.1 Å². The fourth-order valence-corrected chi connectivity index (χ4v) is 5.04. The van der Waals surface area contributed by atoms with Crippen molar-refractivity contribution in [3.8, 4) is 22.9 Å². The summed E-state index contributed by atoms with van der Waals surface area (Å²) in [4.78, 5) is 9.77. The van der Waals surface area contributed by atoms with Crippen LogP contribution in [0.15, 0.2) is 36.4 Å². The Morgan fingerprint density at radius 3 is 2.12 bits per heavy atom. The van der Waals surface area contributed by atoms with Gasteiger partial charge in [0.2, 0.25) is 0 Å². The van der Waals surface area contributed by atoms with E-state index in [9.17, 15) is 0 Å². The Hall–Kier alpha value is -2.57. The van der Waals surface area contributed by atoms with Crippen molar-refractivity contribution in [2.24, 2.45) is 0 Å². The summed E-state index contributed by atoms with van der Waals surface area (Å²) in [6.07, 6.45) is 1.96. The van der Waals surface area contributed by atoms with Crippen molar-refractivity contribution in [1.82, 2.24) is 15.3 Å². The number of aromatic nitrogens is 2. The van der Waals surface area contributed by atoms with Gasteiger partial charge in [-0.3, -0.25) is 0 Å². The lowest BCUT2D eigenvalue weighted by Gasteiger charge is -2.46. The number of nitrogens with one attached hydrogen (secondary N) is 2. The van der Waals surface area contributed by atoms with E-state index in [1.54, 1.807) is 14.2 Å². The number of hydrogen-bond acceptors (Lipinski definition) is 6. The third-order valence-corrected chi connectivity index (χ3v) is 6.09. The van der Waals surface area contributed by atoms with Gasteiger partial charge in [0, 0.05) is 39.2 Å². The molecule has 0 spiro atoms. The number of piperidine rings is 1. The fourth-order valence-electron chi connectivity index (χ4n) is 4.91. The summed E-state index contributed by atoms with van der Waals surface area (Å²) in [6, 6.07) is 11.7. The minimum atomic E-state index is 0.0160. The highest BCUT2D eigenvalue weighted by Gasteiger charge is 2.38. The van der Waals surface area contributed by atoms with Crippen LogP contribution in [-0.4, -0.2) is 41.3 Å². The normalized spacial score (nSPS) is 17.8. The third kappa shape index (κ3) is 4.76. The molecule has 0 amide bonds. The van der Waals surface area contributed by atoms with Crippen LogP contribution in [0, 0.1) is 0 Å². The highest BCUT2D eigenvalue weighted by molar-refractivity contribution is 6.30. The Balaban J connectivity index is 1.83. The zero-order valence-electron chi connectivity index (χ0n) is 19.5. The van der Waals surface area contributed by atoms with Crippen LogP contribution >= 0.6 is 11.6 Å². The van der Waals surface area contributed by atoms with Gasteiger partial charge in [-0.2, -0.15) is 0 Å². The molecule has 7 heteroatoms. The maximum atomic E-state index is 6.09. The summed E-state index contributed by atoms with van der Waals surface area (Å²) >= 11 is 6.09. The molecule has 2 heterocycles. The van der Waals surface area contributed by atoms with E-state index in [0.717, 1.165) is 35.1 Å². The number of methoxy groups -OCH3 is 2. The molecular formula is C25H31ClN4O2. The monoisotopic (exact) mass is 454 g/mol. The van der Waals surface area contributed by atoms with Gasteiger partial charge in [-0.25, -0.2) is 9.97 Å². The molecule has 2 aromatic carbocycles. The highest BCUT2D eigenvalue weighted by atomic mass is 35.5. The molecule has 1 fully saturated rings. The molecule has 0 saturated carbocycles. The molecular weight excluding hydrogens is 424 g/mol. The van der Waals surface area contributed by atoms with Crippen LogP contribution in [0.4, 0.5) is 5.82 Å². The number of ether oxygens (including phenoxy) is 2. The lowest BCUT2D eigenvalue weighted by molar-refractivity contribution is 0.170. The Labute approximate surface area is 194 Å². The van der Waals surface area contributed by atoms with Gasteiger partial charge in [-0.1, -0.05) is 11.6 Å². The Morgan fingerprint density at radius 2 is 1.53 bits per heavy atom. The van der Waals surface area contributed by atoms with Crippen LogP contribution in [0.25, 0.3) is 22.3 Å². The van der Waals surface area contributed by atoms with E-state index in [0.29, 0.717) is 22.3 Å². The molecule has 1 aliphatic rings. The predicted molar refractivity (Wildman–Crippen MR) is 131 cm³/mol. The second-order valence-electron chi connectivity index (χ2n) is 9.77. The summed E-state index contributed by atoms with van der Waals surface area (Å²) < 4.78 is 11.1. The van der Waals surface area contributed by atoms with Crippen LogP contribution in [-0.2, 0) is 0 Å². The van der Waals surface area contributed by atoms with Crippen LogP contribution in [0.3, 0.4) is 0 Å². The quantitative estimate of drug-likeness (QED) is 0.516. The summed E-state index contributed by atoms with van der Waals surface area (Å²) in [5.41, 5.74) is 1.72. The average molecular weight is 455 g/mol. The fraction of sp³-hybridized carbons (Fsp3) is 0.440. The number of hydrogen-bond donors (Lipinski definition) is 2. The Morgan fingerprint density at radius 1 is 0.938 bits per heavy atom. The zero-order valence-corrected chi connectivity index (χ0v) is 20.3. The molecule has 0 aliphatic carbocycles. The molecule has 2 N–H and O–H groups in total. The molecule has 170 valence electrons. The highest BCUT2D eigenvalue weighted by Crippen LogP contribution is 2.37. The maximum Gasteiger partial charge on any atom is 0.162 e. The third-order valence-electron chi connectivity index (χ3n) is 5.83. The molecule has 0 atom stereocenters. The summed E-state index contributed by atoms with van der Waals surface area (Å²) in [7, 11) is 3.26. The Bertz CT molecular complexity index is 1110. The minimum Gasteiger partial charge on any atom is -0.493 e. The zero-order chi connectivity index (χ0) is 23.1. The largest absolute Gasteiger partial charge is 0.493 e. The van der Waals surface area contributed by atoms with Gasteiger partial charge < -0.3 is 20.1 Å². The van der Waals surface area contributed by atoms with Gasteiger partial charge in [-0.05, 0) is 70.9 Å². The first-order valence-corrected chi connectivity index (χ1v) is 11.2. The SMILES string of the molecule is COc1cc2nc(-c3ccc(Cl)cc3)nc(NC3CC(C)(C)NC(C)(C)C3)c2cc1OC. The summed E-state index contributed by atoms with van der Waals surface area (Å²) in [5.74, 6) is 2.71. The number of nitrogens with zero attached hydrogens (tertiary/aromatic N) is 2. The lowest BCUT2D eigenvalue weighted by Crippen LogP contribution is -2.60. The molecule has 3 aromatic rings. The van der Waals surface area contributed by atoms with Gasteiger partial charge in [0.25, 0.3) is 0 Å². The van der Waals surface area contributed by atoms with E-state index >= 15 is 0 Å². The van der Waals surface area contributed by atoms with Gasteiger partial charge >= 0.3 is 0 Å². The molecule has 0 bridgehead atoms. The molecule has 0 unspecified atom stereocenters. The van der Waals surface area contributed by atoms with Crippen molar-refractivity contribution in [3.05, 3.63) is 41.4 Å². The maximum absolute atomic E-state index is 6.09. The predicted octanol–water partition coefficient (Wildman–Crippen LogP) is 5.69. The minimum absolute atomic E-state index is 0.0160. The van der Waals surface area contributed by atoms with Crippen molar-refractivity contribution in [2.45, 2.75) is 57.7 Å². The van der Waals surface area contributed by atoms with Crippen molar-refractivity contribution in [1.29, 1.82) is 0 Å². The molecule has 0 radical (unpaired) electrons. The van der Waals surface area contributed by atoms with Gasteiger partial charge in [-0.15, -0.1) is 0 Å². The second-order valence-corrected chi connectivity index (χ2v) is 10.2.